The van der Waals surface area contributed by atoms with Crippen LogP contribution in [0.1, 0.15) is 24.6 Å². The molecule has 0 aromatic carbocycles. The van der Waals surface area contributed by atoms with E-state index in [1.807, 2.05) is 0 Å². The molecule has 2 aromatic rings. The Bertz CT molecular complexity index is 669. The van der Waals surface area contributed by atoms with Crippen molar-refractivity contribution < 1.29 is 17.9 Å². The summed E-state index contributed by atoms with van der Waals surface area (Å²) < 4.78 is 46.5. The molecule has 3 heterocycles. The number of nitrogens with two attached hydrogens (primary N) is 2. The van der Waals surface area contributed by atoms with Crippen LogP contribution in [-0.2, 0) is 10.9 Å². The molecule has 21 heavy (non-hydrogen) atoms. The van der Waals surface area contributed by atoms with Gasteiger partial charge in [-0.25, -0.2) is 9.97 Å². The van der Waals surface area contributed by atoms with Crippen LogP contribution in [0.5, 0.6) is 0 Å². The summed E-state index contributed by atoms with van der Waals surface area (Å²) in [5, 5.41) is -0.190. The second kappa shape index (κ2) is 4.85. The fourth-order valence-electron chi connectivity index (χ4n) is 2.61. The zero-order valence-corrected chi connectivity index (χ0v) is 11.0. The monoisotopic (exact) mass is 301 g/mol. The predicted molar refractivity (Wildman–Crippen MR) is 69.1 cm³/mol. The zero-order chi connectivity index (χ0) is 15.2. The van der Waals surface area contributed by atoms with Gasteiger partial charge in [0, 0.05) is 12.7 Å². The Kier molecular flexibility index (Phi) is 3.25. The van der Waals surface area contributed by atoms with E-state index in [9.17, 15) is 13.2 Å². The van der Waals surface area contributed by atoms with Crippen LogP contribution < -0.4 is 11.5 Å². The molecule has 1 aliphatic heterocycles. The maximum atomic E-state index is 13.2. The van der Waals surface area contributed by atoms with Gasteiger partial charge in [-0.2, -0.15) is 13.2 Å². The van der Waals surface area contributed by atoms with Gasteiger partial charge in [0.15, 0.2) is 0 Å². The van der Waals surface area contributed by atoms with E-state index >= 15 is 0 Å². The molecule has 0 amide bonds. The molecule has 1 fully saturated rings. The number of rotatable bonds is 2. The van der Waals surface area contributed by atoms with Gasteiger partial charge in [-0.05, 0) is 12.8 Å². The predicted octanol–water partition coefficient (Wildman–Crippen LogP) is 1.67. The van der Waals surface area contributed by atoms with E-state index in [0.717, 1.165) is 12.5 Å². The molecule has 0 radical (unpaired) electrons. The third-order valence-corrected chi connectivity index (χ3v) is 3.60. The van der Waals surface area contributed by atoms with Gasteiger partial charge in [-0.1, -0.05) is 0 Å². The third kappa shape index (κ3) is 2.32. The van der Waals surface area contributed by atoms with Crippen LogP contribution in [0.15, 0.2) is 12.5 Å². The van der Waals surface area contributed by atoms with E-state index in [1.165, 1.54) is 4.57 Å². The summed E-state index contributed by atoms with van der Waals surface area (Å²) in [5.74, 6) is -0.195. The lowest BCUT2D eigenvalue weighted by atomic mass is 10.2. The van der Waals surface area contributed by atoms with Crippen molar-refractivity contribution in [3.8, 4) is 0 Å². The Labute approximate surface area is 117 Å². The Morgan fingerprint density at radius 1 is 1.33 bits per heavy atom. The van der Waals surface area contributed by atoms with Crippen molar-refractivity contribution in [1.29, 1.82) is 0 Å². The van der Waals surface area contributed by atoms with Crippen molar-refractivity contribution in [3.63, 3.8) is 0 Å². The highest BCUT2D eigenvalue weighted by atomic mass is 19.4. The Balaban J connectivity index is 2.14. The summed E-state index contributed by atoms with van der Waals surface area (Å²) in [6.07, 6.45) is -1.81. The first-order valence-corrected chi connectivity index (χ1v) is 6.45. The second-order valence-corrected chi connectivity index (χ2v) is 4.93. The maximum absolute atomic E-state index is 13.2. The summed E-state index contributed by atoms with van der Waals surface area (Å²) in [6, 6.07) is 0. The molecular weight excluding hydrogens is 287 g/mol. The van der Waals surface area contributed by atoms with Gasteiger partial charge >= 0.3 is 6.18 Å². The summed E-state index contributed by atoms with van der Waals surface area (Å²) in [4.78, 5) is 7.58. The third-order valence-electron chi connectivity index (χ3n) is 3.60. The lowest BCUT2D eigenvalue weighted by Crippen LogP contribution is -2.20. The number of ether oxygens (including phenoxy) is 1. The highest BCUT2D eigenvalue weighted by molar-refractivity contribution is 5.90. The van der Waals surface area contributed by atoms with E-state index in [1.54, 1.807) is 0 Å². The molecule has 1 aliphatic rings. The van der Waals surface area contributed by atoms with Gasteiger partial charge in [-0.15, -0.1) is 0 Å². The number of aromatic nitrogens is 3. The molecule has 2 aromatic heterocycles. The Morgan fingerprint density at radius 3 is 2.71 bits per heavy atom. The summed E-state index contributed by atoms with van der Waals surface area (Å²) in [7, 11) is 0. The van der Waals surface area contributed by atoms with Gasteiger partial charge in [-0.3, -0.25) is 0 Å². The molecule has 2 atom stereocenters. The number of fused-ring (bicyclic) bond motifs is 1. The number of halogens is 3. The second-order valence-electron chi connectivity index (χ2n) is 4.93. The maximum Gasteiger partial charge on any atom is 0.418 e. The smallest absolute Gasteiger partial charge is 0.383 e. The molecular formula is C12H14F3N5O. The first kappa shape index (κ1) is 14.1. The average molecular weight is 301 g/mol. The summed E-state index contributed by atoms with van der Waals surface area (Å²) in [5.41, 5.74) is 10.4. The Hall–Kier alpha value is -1.87. The molecule has 4 N–H and O–H groups in total. The highest BCUT2D eigenvalue weighted by Gasteiger charge is 2.38. The fraction of sp³-hybridized carbons (Fsp3) is 0.500. The topological polar surface area (TPSA) is 92.0 Å². The van der Waals surface area contributed by atoms with Crippen molar-refractivity contribution in [1.82, 2.24) is 14.5 Å². The van der Waals surface area contributed by atoms with E-state index < -0.39 is 18.0 Å². The van der Waals surface area contributed by atoms with E-state index in [4.69, 9.17) is 16.2 Å². The van der Waals surface area contributed by atoms with Gasteiger partial charge in [0.1, 0.15) is 24.0 Å². The largest absolute Gasteiger partial charge is 0.418 e. The average Bonchev–Trinajstić information content (AvgIpc) is 3.01. The minimum Gasteiger partial charge on any atom is -0.383 e. The minimum atomic E-state index is -4.53. The van der Waals surface area contributed by atoms with Crippen LogP contribution >= 0.6 is 0 Å². The summed E-state index contributed by atoms with van der Waals surface area (Å²) in [6.45, 7) is 0.332. The van der Waals surface area contributed by atoms with Gasteiger partial charge in [0.2, 0.25) is 0 Å². The van der Waals surface area contributed by atoms with E-state index in [2.05, 4.69) is 9.97 Å². The van der Waals surface area contributed by atoms with Crippen molar-refractivity contribution in [2.45, 2.75) is 31.3 Å². The number of anilines is 1. The lowest BCUT2D eigenvalue weighted by Gasteiger charge is -2.14. The van der Waals surface area contributed by atoms with Crippen LogP contribution in [-0.4, -0.2) is 27.2 Å². The SMILES string of the molecule is NCC1CCC(n2cc(C(F)(F)F)c3c(N)ncnc32)O1. The van der Waals surface area contributed by atoms with Crippen LogP contribution in [0.25, 0.3) is 11.0 Å². The van der Waals surface area contributed by atoms with Gasteiger partial charge < -0.3 is 20.8 Å². The van der Waals surface area contributed by atoms with Crippen LogP contribution in [0.2, 0.25) is 0 Å². The summed E-state index contributed by atoms with van der Waals surface area (Å²) >= 11 is 0. The first-order chi connectivity index (χ1) is 9.91. The minimum absolute atomic E-state index is 0.123. The Morgan fingerprint density at radius 2 is 2.10 bits per heavy atom. The first-order valence-electron chi connectivity index (χ1n) is 6.45. The number of hydrogen-bond acceptors (Lipinski definition) is 5. The molecule has 0 saturated carbocycles. The molecule has 6 nitrogen and oxygen atoms in total. The molecule has 3 rings (SSSR count). The normalized spacial score (nSPS) is 23.0. The molecule has 2 unspecified atom stereocenters. The van der Waals surface area contributed by atoms with Gasteiger partial charge in [0.05, 0.1) is 17.1 Å². The van der Waals surface area contributed by atoms with Crippen molar-refractivity contribution >= 4 is 16.9 Å². The number of nitrogens with zero attached hydrogens (tertiary/aromatic N) is 3. The van der Waals surface area contributed by atoms with Gasteiger partial charge in [0.25, 0.3) is 0 Å². The van der Waals surface area contributed by atoms with Crippen molar-refractivity contribution in [3.05, 3.63) is 18.1 Å². The molecule has 1 saturated heterocycles. The van der Waals surface area contributed by atoms with Crippen molar-refractivity contribution in [2.24, 2.45) is 5.73 Å². The number of nitrogen functional groups attached to an aromatic ring is 1. The quantitative estimate of drug-likeness (QED) is 0.880. The molecule has 0 spiro atoms. The number of alkyl halides is 3. The van der Waals surface area contributed by atoms with Crippen molar-refractivity contribution in [2.75, 3.05) is 12.3 Å². The fourth-order valence-corrected chi connectivity index (χ4v) is 2.61. The lowest BCUT2D eigenvalue weighted by molar-refractivity contribution is -0.136. The molecule has 0 aliphatic carbocycles. The zero-order valence-electron chi connectivity index (χ0n) is 11.0. The molecule has 114 valence electrons. The van der Waals surface area contributed by atoms with Crippen LogP contribution in [0.4, 0.5) is 19.0 Å². The van der Waals surface area contributed by atoms with Crippen LogP contribution in [0, 0.1) is 0 Å². The van der Waals surface area contributed by atoms with Crippen LogP contribution in [0.3, 0.4) is 0 Å². The molecule has 9 heteroatoms. The standard InChI is InChI=1S/C12H14F3N5O/c13-12(14,15)7-4-20(8-2-1-6(3-16)21-8)11-9(7)10(17)18-5-19-11/h4-6,8H,1-3,16H2,(H2,17,18,19). The molecule has 0 bridgehead atoms. The highest BCUT2D eigenvalue weighted by Crippen LogP contribution is 2.40. The van der Waals surface area contributed by atoms with E-state index in [-0.39, 0.29) is 23.0 Å². The van der Waals surface area contributed by atoms with E-state index in [0.29, 0.717) is 19.4 Å². The number of hydrogen-bond donors (Lipinski definition) is 2.